The van der Waals surface area contributed by atoms with Crippen LogP contribution in [0.4, 0.5) is 0 Å². The Morgan fingerprint density at radius 2 is 1.94 bits per heavy atom. The number of allylic oxidation sites excluding steroid dienone is 3. The summed E-state index contributed by atoms with van der Waals surface area (Å²) in [5, 5.41) is 10.7. The molecule has 0 aromatic heterocycles. The van der Waals surface area contributed by atoms with Crippen molar-refractivity contribution >= 4 is 10.2 Å². The third-order valence-electron chi connectivity index (χ3n) is 7.24. The van der Waals surface area contributed by atoms with Crippen LogP contribution in [0.5, 0.6) is 5.75 Å². The summed E-state index contributed by atoms with van der Waals surface area (Å²) >= 11 is 0. The van der Waals surface area contributed by atoms with Gasteiger partial charge in [0, 0.05) is 44.7 Å². The van der Waals surface area contributed by atoms with Crippen LogP contribution in [0, 0.1) is 12.8 Å². The van der Waals surface area contributed by atoms with E-state index in [1.807, 2.05) is 37.3 Å². The molecule has 8 heteroatoms. The topological polar surface area (TPSA) is 96.1 Å². The van der Waals surface area contributed by atoms with E-state index in [0.717, 1.165) is 47.9 Å². The van der Waals surface area contributed by atoms with Gasteiger partial charge in [0.2, 0.25) is 0 Å². The van der Waals surface area contributed by atoms with Gasteiger partial charge in [0.05, 0.1) is 12.2 Å². The number of nitrogens with zero attached hydrogens (tertiary/aromatic N) is 2. The van der Waals surface area contributed by atoms with Gasteiger partial charge in [0.25, 0.3) is 10.2 Å². The number of phenolic OH excluding ortho intramolecular Hbond substituents is 1. The smallest absolute Gasteiger partial charge is 0.282 e. The van der Waals surface area contributed by atoms with Crippen LogP contribution in [0.15, 0.2) is 48.6 Å². The van der Waals surface area contributed by atoms with E-state index in [0.29, 0.717) is 44.9 Å². The summed E-state index contributed by atoms with van der Waals surface area (Å²) in [6.45, 7) is 8.00. The van der Waals surface area contributed by atoms with Crippen LogP contribution in [-0.4, -0.2) is 61.0 Å². The molecule has 1 saturated heterocycles. The van der Waals surface area contributed by atoms with Crippen molar-refractivity contribution in [1.29, 1.82) is 0 Å². The molecule has 186 valence electrons. The lowest BCUT2D eigenvalue weighted by atomic mass is 9.83. The molecule has 0 aliphatic carbocycles. The van der Waals surface area contributed by atoms with Crippen molar-refractivity contribution in [3.05, 3.63) is 65.3 Å². The van der Waals surface area contributed by atoms with Crippen LogP contribution in [-0.2, 0) is 21.4 Å². The number of phenols is 1. The molecule has 0 radical (unpaired) electrons. The molecule has 1 fully saturated rings. The third-order valence-corrected chi connectivity index (χ3v) is 9.22. The zero-order valence-electron chi connectivity index (χ0n) is 20.0. The largest absolute Gasteiger partial charge is 0.507 e. The number of fused-ring (bicyclic) bond motifs is 1. The minimum Gasteiger partial charge on any atom is -0.507 e. The molecule has 2 unspecified atom stereocenters. The van der Waals surface area contributed by atoms with Crippen LogP contribution in [0.25, 0.3) is 0 Å². The minimum absolute atomic E-state index is 0.0794. The molecular weight excluding hydrogens is 450 g/mol. The Morgan fingerprint density at radius 1 is 1.18 bits per heavy atom. The summed E-state index contributed by atoms with van der Waals surface area (Å²) in [5.74, 6) is 0.549. The second kappa shape index (κ2) is 10.7. The van der Waals surface area contributed by atoms with Crippen molar-refractivity contribution in [2.45, 2.75) is 51.2 Å². The highest BCUT2D eigenvalue weighted by atomic mass is 32.2. The van der Waals surface area contributed by atoms with E-state index in [4.69, 9.17) is 10.5 Å². The number of aryl methyl sites for hydroxylation is 1. The molecule has 0 saturated carbocycles. The number of aromatic hydroxyl groups is 1. The first-order valence-electron chi connectivity index (χ1n) is 12.2. The molecule has 1 aromatic carbocycles. The highest BCUT2D eigenvalue weighted by molar-refractivity contribution is 7.86. The molecule has 3 heterocycles. The molecule has 3 N–H and O–H groups in total. The van der Waals surface area contributed by atoms with Crippen LogP contribution in [0.3, 0.4) is 0 Å². The van der Waals surface area contributed by atoms with Crippen molar-refractivity contribution in [2.24, 2.45) is 11.7 Å². The molecule has 34 heavy (non-hydrogen) atoms. The van der Waals surface area contributed by atoms with Gasteiger partial charge in [-0.25, -0.2) is 0 Å². The molecule has 3 aliphatic heterocycles. The van der Waals surface area contributed by atoms with E-state index in [9.17, 15) is 13.5 Å². The molecule has 0 amide bonds. The predicted molar refractivity (Wildman–Crippen MR) is 135 cm³/mol. The fourth-order valence-electron chi connectivity index (χ4n) is 5.23. The van der Waals surface area contributed by atoms with Gasteiger partial charge < -0.3 is 15.6 Å². The summed E-state index contributed by atoms with van der Waals surface area (Å²) in [6.07, 6.45) is 11.2. The minimum atomic E-state index is -3.57. The molecule has 4 rings (SSSR count). The Balaban J connectivity index is 1.43. The highest BCUT2D eigenvalue weighted by Gasteiger charge is 2.38. The normalized spacial score (nSPS) is 27.8. The number of rotatable bonds is 4. The van der Waals surface area contributed by atoms with Crippen molar-refractivity contribution in [1.82, 2.24) is 8.61 Å². The van der Waals surface area contributed by atoms with Crippen LogP contribution < -0.4 is 5.73 Å². The Labute approximate surface area is 203 Å². The lowest BCUT2D eigenvalue weighted by molar-refractivity contribution is -0.0613. The van der Waals surface area contributed by atoms with Crippen molar-refractivity contribution in [3.8, 4) is 5.75 Å². The molecular formula is C26H37N3O4S. The molecule has 0 bridgehead atoms. The van der Waals surface area contributed by atoms with E-state index in [-0.39, 0.29) is 18.1 Å². The zero-order valence-corrected chi connectivity index (χ0v) is 20.8. The number of piperidine rings is 1. The van der Waals surface area contributed by atoms with Crippen molar-refractivity contribution in [3.63, 3.8) is 0 Å². The summed E-state index contributed by atoms with van der Waals surface area (Å²) in [4.78, 5) is 0. The van der Waals surface area contributed by atoms with Gasteiger partial charge in [-0.2, -0.15) is 17.0 Å². The number of hydrogen-bond acceptors (Lipinski definition) is 5. The van der Waals surface area contributed by atoms with Crippen LogP contribution in [0.1, 0.15) is 48.5 Å². The zero-order chi connectivity index (χ0) is 24.3. The average Bonchev–Trinajstić information content (AvgIpc) is 2.84. The Bertz CT molecular complexity index is 1060. The fourth-order valence-corrected chi connectivity index (χ4v) is 6.92. The third kappa shape index (κ3) is 5.31. The summed E-state index contributed by atoms with van der Waals surface area (Å²) in [6, 6.07) is 3.90. The van der Waals surface area contributed by atoms with Crippen LogP contribution in [0.2, 0.25) is 0 Å². The van der Waals surface area contributed by atoms with E-state index < -0.39 is 10.2 Å². The first kappa shape index (κ1) is 25.1. The average molecular weight is 488 g/mol. The Hall–Kier alpha value is -1.97. The predicted octanol–water partition coefficient (Wildman–Crippen LogP) is 3.36. The Kier molecular flexibility index (Phi) is 7.94. The number of ether oxygens (including phenoxy) is 1. The van der Waals surface area contributed by atoms with Gasteiger partial charge in [0.1, 0.15) is 5.75 Å². The van der Waals surface area contributed by atoms with Gasteiger partial charge in [-0.3, -0.25) is 0 Å². The molecule has 2 atom stereocenters. The van der Waals surface area contributed by atoms with Crippen LogP contribution >= 0.6 is 0 Å². The first-order valence-corrected chi connectivity index (χ1v) is 13.6. The maximum Gasteiger partial charge on any atom is 0.282 e. The second-order valence-corrected chi connectivity index (χ2v) is 11.5. The SMILES string of the molecule is C=C1/C=C\C=C/CCCN(S(=O)(=O)N2CCC(C3Cc4c(ccc(C)c4O)C(CN)O3)CC2)C1. The highest BCUT2D eigenvalue weighted by Crippen LogP contribution is 2.40. The van der Waals surface area contributed by atoms with Gasteiger partial charge in [-0.05, 0) is 55.2 Å². The van der Waals surface area contributed by atoms with Crippen molar-refractivity contribution < 1.29 is 18.3 Å². The molecule has 0 spiro atoms. The monoisotopic (exact) mass is 487 g/mol. The molecule has 7 nitrogen and oxygen atoms in total. The van der Waals surface area contributed by atoms with Gasteiger partial charge in [0.15, 0.2) is 0 Å². The summed E-state index contributed by atoms with van der Waals surface area (Å²) in [5.41, 5.74) is 9.52. The summed E-state index contributed by atoms with van der Waals surface area (Å²) < 4.78 is 36.5. The van der Waals surface area contributed by atoms with Gasteiger partial charge in [-0.1, -0.05) is 43.0 Å². The molecule has 3 aliphatic rings. The van der Waals surface area contributed by atoms with Gasteiger partial charge in [-0.15, -0.1) is 0 Å². The van der Waals surface area contributed by atoms with E-state index >= 15 is 0 Å². The summed E-state index contributed by atoms with van der Waals surface area (Å²) in [7, 11) is -3.57. The Morgan fingerprint density at radius 3 is 2.68 bits per heavy atom. The second-order valence-electron chi connectivity index (χ2n) is 9.57. The number of benzene rings is 1. The van der Waals surface area contributed by atoms with Crippen molar-refractivity contribution in [2.75, 3.05) is 32.7 Å². The lowest BCUT2D eigenvalue weighted by Crippen LogP contribution is -2.49. The number of nitrogens with two attached hydrogens (primary N) is 1. The maximum atomic E-state index is 13.5. The quantitative estimate of drug-likeness (QED) is 0.679. The lowest BCUT2D eigenvalue weighted by Gasteiger charge is -2.41. The fraction of sp³-hybridized carbons (Fsp3) is 0.538. The van der Waals surface area contributed by atoms with E-state index in [2.05, 4.69) is 12.7 Å². The molecule has 1 aromatic rings. The van der Waals surface area contributed by atoms with Gasteiger partial charge >= 0.3 is 0 Å². The number of hydrogen-bond donors (Lipinski definition) is 2. The standard InChI is InChI=1S/C26H37N3O4S/c1-19-8-6-4-3-5-7-13-29(18-19)34(31,32)28-14-11-21(12-15-28)24-16-23-22(25(17-27)33-24)10-9-20(2)26(23)30/h3-4,6,8-10,21,24-25,30H,1,5,7,11-18,27H2,2H3/b4-3-,8-6-. The van der Waals surface area contributed by atoms with E-state index in [1.54, 1.807) is 8.61 Å². The van der Waals surface area contributed by atoms with E-state index in [1.165, 1.54) is 0 Å². The first-order chi connectivity index (χ1) is 16.3. The maximum absolute atomic E-state index is 13.5.